The average Bonchev–Trinajstić information content (AvgIpc) is 2.47. The van der Waals surface area contributed by atoms with Crippen molar-refractivity contribution in [2.24, 2.45) is 5.92 Å². The van der Waals surface area contributed by atoms with Crippen LogP contribution in [-0.2, 0) is 4.74 Å². The van der Waals surface area contributed by atoms with Crippen molar-refractivity contribution < 1.29 is 4.74 Å². The topological polar surface area (TPSA) is 9.23 Å². The van der Waals surface area contributed by atoms with Crippen LogP contribution >= 0.6 is 79.6 Å². The smallest absolute Gasteiger partial charge is 0.0700 e. The normalized spacial score (nSPS) is 39.3. The largest absolute Gasteiger partial charge is 0.377 e. The lowest BCUT2D eigenvalue weighted by atomic mass is 9.99. The van der Waals surface area contributed by atoms with Crippen molar-refractivity contribution in [2.75, 3.05) is 6.61 Å². The third kappa shape index (κ3) is 8.64. The van der Waals surface area contributed by atoms with E-state index in [0.29, 0.717) is 36.2 Å². The van der Waals surface area contributed by atoms with Gasteiger partial charge in [0.15, 0.2) is 0 Å². The van der Waals surface area contributed by atoms with Crippen LogP contribution < -0.4 is 0 Å². The van der Waals surface area contributed by atoms with Crippen LogP contribution in [0.1, 0.15) is 52.4 Å². The highest BCUT2D eigenvalue weighted by Crippen LogP contribution is 2.33. The molecule has 1 aliphatic carbocycles. The number of ether oxygens (including phenoxy) is 1. The molecule has 1 saturated carbocycles. The maximum absolute atomic E-state index is 6.20. The molecule has 0 saturated heterocycles. The molecule has 1 rings (SSSR count). The molecule has 0 bridgehead atoms. The van der Waals surface area contributed by atoms with E-state index in [2.05, 4.69) is 93.5 Å². The highest BCUT2D eigenvalue weighted by atomic mass is 79.9. The van der Waals surface area contributed by atoms with Crippen LogP contribution in [0.5, 0.6) is 0 Å². The van der Waals surface area contributed by atoms with E-state index < -0.39 is 0 Å². The summed E-state index contributed by atoms with van der Waals surface area (Å²) >= 11 is 19.3. The number of alkyl halides is 5. The summed E-state index contributed by atoms with van der Waals surface area (Å²) in [6, 6.07) is 0. The van der Waals surface area contributed by atoms with Gasteiger partial charge in [-0.05, 0) is 44.4 Å². The van der Waals surface area contributed by atoms with Gasteiger partial charge in [-0.25, -0.2) is 0 Å². The minimum absolute atomic E-state index is 0.301. The van der Waals surface area contributed by atoms with Gasteiger partial charge in [0.1, 0.15) is 0 Å². The molecule has 0 aromatic rings. The average molecular weight is 635 g/mol. The molecular weight excluding hydrogens is 608 g/mol. The fourth-order valence-electron chi connectivity index (χ4n) is 2.55. The molecular formula is C16H27Br5O. The van der Waals surface area contributed by atoms with Crippen LogP contribution in [-0.4, -0.2) is 36.8 Å². The van der Waals surface area contributed by atoms with Crippen molar-refractivity contribution in [3.63, 3.8) is 0 Å². The van der Waals surface area contributed by atoms with Gasteiger partial charge >= 0.3 is 0 Å². The van der Waals surface area contributed by atoms with Gasteiger partial charge < -0.3 is 4.74 Å². The standard InChI is InChI=1S/C16H27Br5O/c1-10(2)9-22-16-8-7-14(20)12(18)4-3-11(17)13(19)5-6-15(16)21/h10-16H,3-9H2,1-2H3/t11-,12+,13+,14-,15+,16?/m0/s1. The summed E-state index contributed by atoms with van der Waals surface area (Å²) in [5, 5.41) is 0. The maximum atomic E-state index is 6.20. The Bertz CT molecular complexity index is 302. The van der Waals surface area contributed by atoms with Gasteiger partial charge in [-0.2, -0.15) is 0 Å². The molecule has 0 spiro atoms. The number of rotatable bonds is 3. The van der Waals surface area contributed by atoms with Gasteiger partial charge in [0.2, 0.25) is 0 Å². The lowest BCUT2D eigenvalue weighted by Crippen LogP contribution is -2.30. The number of halogens is 5. The zero-order valence-electron chi connectivity index (χ0n) is 13.3. The van der Waals surface area contributed by atoms with E-state index in [1.165, 1.54) is 12.8 Å². The lowest BCUT2D eigenvalue weighted by molar-refractivity contribution is 0.0278. The molecule has 1 aliphatic rings. The Labute approximate surface area is 178 Å². The first-order valence-electron chi connectivity index (χ1n) is 8.13. The van der Waals surface area contributed by atoms with Gasteiger partial charge in [-0.3, -0.25) is 0 Å². The molecule has 0 aromatic heterocycles. The minimum Gasteiger partial charge on any atom is -0.377 e. The van der Waals surface area contributed by atoms with Crippen LogP contribution in [0.4, 0.5) is 0 Å². The molecule has 6 heteroatoms. The first-order valence-corrected chi connectivity index (χ1v) is 12.7. The van der Waals surface area contributed by atoms with E-state index in [4.69, 9.17) is 4.74 Å². The first kappa shape index (κ1) is 22.4. The van der Waals surface area contributed by atoms with Crippen LogP contribution in [0.15, 0.2) is 0 Å². The first-order chi connectivity index (χ1) is 10.3. The van der Waals surface area contributed by atoms with Crippen molar-refractivity contribution in [3.8, 4) is 0 Å². The molecule has 0 heterocycles. The minimum atomic E-state index is 0.301. The summed E-state index contributed by atoms with van der Waals surface area (Å²) in [7, 11) is 0. The van der Waals surface area contributed by atoms with Crippen LogP contribution in [0.25, 0.3) is 0 Å². The second-order valence-electron chi connectivity index (χ2n) is 6.58. The van der Waals surface area contributed by atoms with Crippen molar-refractivity contribution in [2.45, 2.75) is 82.6 Å². The Balaban J connectivity index is 2.69. The second kappa shape index (κ2) is 11.9. The van der Waals surface area contributed by atoms with Crippen molar-refractivity contribution in [3.05, 3.63) is 0 Å². The van der Waals surface area contributed by atoms with Crippen LogP contribution in [0.3, 0.4) is 0 Å². The van der Waals surface area contributed by atoms with Gasteiger partial charge in [0, 0.05) is 30.7 Å². The molecule has 0 aromatic carbocycles. The van der Waals surface area contributed by atoms with Crippen molar-refractivity contribution in [1.29, 1.82) is 0 Å². The predicted octanol–water partition coefficient (Wildman–Crippen LogP) is 7.20. The number of hydrogen-bond acceptors (Lipinski definition) is 1. The molecule has 1 unspecified atom stereocenters. The molecule has 132 valence electrons. The molecule has 0 aliphatic heterocycles. The summed E-state index contributed by atoms with van der Waals surface area (Å²) in [5.41, 5.74) is 0. The van der Waals surface area contributed by atoms with E-state index in [-0.39, 0.29) is 0 Å². The second-order valence-corrected chi connectivity index (χ2v) is 12.5. The molecule has 1 nitrogen and oxygen atoms in total. The third-order valence-corrected chi connectivity index (χ3v) is 10.8. The quantitative estimate of drug-likeness (QED) is 0.299. The molecule has 22 heavy (non-hydrogen) atoms. The summed E-state index contributed by atoms with van der Waals surface area (Å²) in [4.78, 5) is 2.50. The van der Waals surface area contributed by atoms with Gasteiger partial charge in [-0.15, -0.1) is 0 Å². The zero-order valence-corrected chi connectivity index (χ0v) is 21.2. The van der Waals surface area contributed by atoms with E-state index in [9.17, 15) is 0 Å². The van der Waals surface area contributed by atoms with E-state index in [1.54, 1.807) is 0 Å². The Morgan fingerprint density at radius 3 is 1.45 bits per heavy atom. The molecule has 6 atom stereocenters. The lowest BCUT2D eigenvalue weighted by Gasteiger charge is -2.29. The van der Waals surface area contributed by atoms with Crippen molar-refractivity contribution in [1.82, 2.24) is 0 Å². The van der Waals surface area contributed by atoms with Crippen molar-refractivity contribution >= 4 is 79.6 Å². The van der Waals surface area contributed by atoms with Gasteiger partial charge in [0.05, 0.1) is 6.10 Å². The monoisotopic (exact) mass is 630 g/mol. The molecule has 1 fully saturated rings. The maximum Gasteiger partial charge on any atom is 0.0700 e. The van der Waals surface area contributed by atoms with Crippen LogP contribution in [0, 0.1) is 5.92 Å². The van der Waals surface area contributed by atoms with Gasteiger partial charge in [0.25, 0.3) is 0 Å². The summed E-state index contributed by atoms with van der Waals surface area (Å²) in [5.74, 6) is 0.584. The summed E-state index contributed by atoms with van der Waals surface area (Å²) in [6.45, 7) is 5.27. The zero-order chi connectivity index (χ0) is 16.7. The Kier molecular flexibility index (Phi) is 12.1. The fraction of sp³-hybridized carbons (Fsp3) is 1.00. The summed E-state index contributed by atoms with van der Waals surface area (Å²) < 4.78 is 6.20. The number of hydrogen-bond donors (Lipinski definition) is 0. The summed E-state index contributed by atoms with van der Waals surface area (Å²) in [6.07, 6.45) is 7.23. The fourth-order valence-corrected chi connectivity index (χ4v) is 5.35. The highest BCUT2D eigenvalue weighted by Gasteiger charge is 2.27. The SMILES string of the molecule is CC(C)COC1CC[C@H](Br)[C@H](Br)CC[C@H](Br)[C@H](Br)CC[C@H]1Br. The Morgan fingerprint density at radius 1 is 0.682 bits per heavy atom. The third-order valence-electron chi connectivity index (χ3n) is 4.00. The highest BCUT2D eigenvalue weighted by molar-refractivity contribution is 9.12. The van der Waals surface area contributed by atoms with E-state index >= 15 is 0 Å². The molecule has 0 N–H and O–H groups in total. The molecule has 0 radical (unpaired) electrons. The Hall–Kier alpha value is 2.36. The Morgan fingerprint density at radius 2 is 1.05 bits per heavy atom. The van der Waals surface area contributed by atoms with Crippen LogP contribution in [0.2, 0.25) is 0 Å². The van der Waals surface area contributed by atoms with Gasteiger partial charge in [-0.1, -0.05) is 93.5 Å². The molecule has 0 amide bonds. The predicted molar refractivity (Wildman–Crippen MR) is 116 cm³/mol. The van der Waals surface area contributed by atoms with E-state index in [1.807, 2.05) is 0 Å². The van der Waals surface area contributed by atoms with E-state index in [0.717, 1.165) is 32.3 Å².